The van der Waals surface area contributed by atoms with Crippen molar-refractivity contribution in [2.45, 2.75) is 0 Å². The third-order valence-corrected chi connectivity index (χ3v) is 2.67. The molecule has 72 valence electrons. The lowest BCUT2D eigenvalue weighted by atomic mass is 10.2. The molecule has 2 rings (SSSR count). The van der Waals surface area contributed by atoms with Crippen molar-refractivity contribution in [1.29, 1.82) is 0 Å². The molecule has 0 aliphatic carbocycles. The van der Waals surface area contributed by atoms with Gasteiger partial charge in [-0.15, -0.1) is 11.3 Å². The molecule has 6 heteroatoms. The number of halogens is 1. The molecule has 0 aliphatic heterocycles. The van der Waals surface area contributed by atoms with E-state index in [-0.39, 0.29) is 5.69 Å². The quantitative estimate of drug-likeness (QED) is 0.860. The van der Waals surface area contributed by atoms with Crippen LogP contribution in [0.4, 0.5) is 0 Å². The van der Waals surface area contributed by atoms with Crippen LogP contribution in [0, 0.1) is 0 Å². The third-order valence-electron chi connectivity index (χ3n) is 1.58. The van der Waals surface area contributed by atoms with E-state index in [9.17, 15) is 4.79 Å². The minimum Gasteiger partial charge on any atom is -0.476 e. The maximum absolute atomic E-state index is 10.5. The number of rotatable bonds is 2. The maximum Gasteiger partial charge on any atom is 0.358 e. The van der Waals surface area contributed by atoms with Crippen molar-refractivity contribution in [2.75, 3.05) is 0 Å². The fraction of sp³-hybridized carbons (Fsp3) is 0. The number of hydrogen-bond donors (Lipinski definition) is 1. The molecule has 0 fully saturated rings. The van der Waals surface area contributed by atoms with E-state index in [0.717, 1.165) is 5.56 Å². The van der Waals surface area contributed by atoms with E-state index in [4.69, 9.17) is 21.2 Å². The van der Waals surface area contributed by atoms with Crippen molar-refractivity contribution in [1.82, 2.24) is 5.16 Å². The molecule has 0 spiro atoms. The first kappa shape index (κ1) is 9.23. The van der Waals surface area contributed by atoms with Crippen molar-refractivity contribution >= 4 is 28.9 Å². The number of thiophene rings is 1. The van der Waals surface area contributed by atoms with E-state index < -0.39 is 5.97 Å². The van der Waals surface area contributed by atoms with E-state index >= 15 is 0 Å². The van der Waals surface area contributed by atoms with Gasteiger partial charge in [-0.25, -0.2) is 4.79 Å². The van der Waals surface area contributed by atoms with E-state index in [2.05, 4.69) is 5.16 Å². The number of nitrogens with zero attached hydrogens (tertiary/aromatic N) is 1. The van der Waals surface area contributed by atoms with Gasteiger partial charge in [0.15, 0.2) is 11.5 Å². The molecule has 0 saturated carbocycles. The summed E-state index contributed by atoms with van der Waals surface area (Å²) in [5.74, 6) is -0.702. The number of carboxylic acid groups (broad SMARTS) is 1. The topological polar surface area (TPSA) is 63.3 Å². The first-order valence-electron chi connectivity index (χ1n) is 3.61. The van der Waals surface area contributed by atoms with Crippen LogP contribution in [0.1, 0.15) is 10.5 Å². The van der Waals surface area contributed by atoms with Crippen LogP contribution in [0.5, 0.6) is 0 Å². The minimum atomic E-state index is -1.11. The molecule has 0 aliphatic rings. The average Bonchev–Trinajstić information content (AvgIpc) is 2.70. The molecule has 1 N–H and O–H groups in total. The Bertz CT molecular complexity index is 476. The lowest BCUT2D eigenvalue weighted by Crippen LogP contribution is -1.94. The Balaban J connectivity index is 2.38. The highest BCUT2D eigenvalue weighted by Gasteiger charge is 2.12. The van der Waals surface area contributed by atoms with Crippen LogP contribution in [0.25, 0.3) is 11.3 Å². The van der Waals surface area contributed by atoms with Gasteiger partial charge in [0.05, 0.1) is 4.34 Å². The SMILES string of the molecule is O=C(O)c1cc(-c2csc(Cl)c2)on1. The monoisotopic (exact) mass is 229 g/mol. The van der Waals surface area contributed by atoms with Gasteiger partial charge in [-0.3, -0.25) is 0 Å². The summed E-state index contributed by atoms with van der Waals surface area (Å²) in [5, 5.41) is 13.8. The largest absolute Gasteiger partial charge is 0.476 e. The van der Waals surface area contributed by atoms with Gasteiger partial charge in [-0.05, 0) is 6.07 Å². The van der Waals surface area contributed by atoms with Crippen molar-refractivity contribution in [3.63, 3.8) is 0 Å². The number of aromatic carboxylic acids is 1. The number of carboxylic acids is 1. The molecule has 0 amide bonds. The Morgan fingerprint density at radius 3 is 2.86 bits per heavy atom. The zero-order valence-corrected chi connectivity index (χ0v) is 8.30. The summed E-state index contributed by atoms with van der Waals surface area (Å²) in [7, 11) is 0. The van der Waals surface area contributed by atoms with Gasteiger partial charge in [0.25, 0.3) is 0 Å². The Morgan fingerprint density at radius 2 is 2.36 bits per heavy atom. The normalized spacial score (nSPS) is 10.4. The molecule has 0 unspecified atom stereocenters. The molecular formula is C8H4ClNO3S. The Hall–Kier alpha value is -1.33. The number of aromatic nitrogens is 1. The number of carbonyl (C=O) groups is 1. The van der Waals surface area contributed by atoms with Crippen molar-refractivity contribution < 1.29 is 14.4 Å². The van der Waals surface area contributed by atoms with Crippen LogP contribution < -0.4 is 0 Å². The Labute approximate surface area is 87.7 Å². The molecule has 0 aromatic carbocycles. The second kappa shape index (κ2) is 3.43. The smallest absolute Gasteiger partial charge is 0.358 e. The Morgan fingerprint density at radius 1 is 1.57 bits per heavy atom. The lowest BCUT2D eigenvalue weighted by molar-refractivity contribution is 0.0686. The second-order valence-electron chi connectivity index (χ2n) is 2.52. The van der Waals surface area contributed by atoms with Crippen LogP contribution >= 0.6 is 22.9 Å². The third kappa shape index (κ3) is 1.64. The molecule has 14 heavy (non-hydrogen) atoms. The molecule has 0 atom stereocenters. The molecular weight excluding hydrogens is 226 g/mol. The average molecular weight is 230 g/mol. The van der Waals surface area contributed by atoms with E-state index in [1.807, 2.05) is 0 Å². The van der Waals surface area contributed by atoms with Gasteiger partial charge in [0, 0.05) is 17.0 Å². The zero-order chi connectivity index (χ0) is 10.1. The molecule has 2 aromatic heterocycles. The van der Waals surface area contributed by atoms with Crippen LogP contribution in [0.2, 0.25) is 4.34 Å². The van der Waals surface area contributed by atoms with E-state index in [1.54, 1.807) is 11.4 Å². The predicted molar refractivity (Wildman–Crippen MR) is 51.8 cm³/mol. The van der Waals surface area contributed by atoms with Crippen LogP contribution in [-0.4, -0.2) is 16.2 Å². The molecule has 2 heterocycles. The second-order valence-corrected chi connectivity index (χ2v) is 4.06. The van der Waals surface area contributed by atoms with Crippen LogP contribution in [0.15, 0.2) is 22.0 Å². The fourth-order valence-corrected chi connectivity index (χ4v) is 1.82. The van der Waals surface area contributed by atoms with Crippen molar-refractivity contribution in [3.8, 4) is 11.3 Å². The standard InChI is InChI=1S/C8H4ClNO3S/c9-7-1-4(3-14-7)6-2-5(8(11)12)10-13-6/h1-3H,(H,11,12). The van der Waals surface area contributed by atoms with Gasteiger partial charge in [-0.1, -0.05) is 16.8 Å². The summed E-state index contributed by atoms with van der Waals surface area (Å²) in [6, 6.07) is 3.05. The van der Waals surface area contributed by atoms with E-state index in [0.29, 0.717) is 10.1 Å². The minimum absolute atomic E-state index is 0.109. The number of hydrogen-bond acceptors (Lipinski definition) is 4. The molecule has 0 saturated heterocycles. The highest BCUT2D eigenvalue weighted by atomic mass is 35.5. The molecule has 0 radical (unpaired) electrons. The summed E-state index contributed by atoms with van der Waals surface area (Å²) in [5.41, 5.74) is 0.627. The first-order valence-corrected chi connectivity index (χ1v) is 4.87. The van der Waals surface area contributed by atoms with Crippen LogP contribution in [-0.2, 0) is 0 Å². The summed E-state index contributed by atoms with van der Waals surface area (Å²) in [6.45, 7) is 0. The van der Waals surface area contributed by atoms with Crippen LogP contribution in [0.3, 0.4) is 0 Å². The first-order chi connectivity index (χ1) is 6.66. The molecule has 0 bridgehead atoms. The maximum atomic E-state index is 10.5. The summed E-state index contributed by atoms with van der Waals surface area (Å²) in [4.78, 5) is 10.5. The lowest BCUT2D eigenvalue weighted by Gasteiger charge is -1.83. The van der Waals surface area contributed by atoms with Gasteiger partial charge in [0.2, 0.25) is 0 Å². The van der Waals surface area contributed by atoms with E-state index in [1.165, 1.54) is 17.4 Å². The van der Waals surface area contributed by atoms with Gasteiger partial charge >= 0.3 is 5.97 Å². The Kier molecular flexibility index (Phi) is 2.26. The molecule has 4 nitrogen and oxygen atoms in total. The summed E-state index contributed by atoms with van der Waals surface area (Å²) < 4.78 is 5.46. The van der Waals surface area contributed by atoms with Crippen molar-refractivity contribution in [3.05, 3.63) is 27.5 Å². The van der Waals surface area contributed by atoms with Crippen molar-refractivity contribution in [2.24, 2.45) is 0 Å². The van der Waals surface area contributed by atoms with Gasteiger partial charge in [0.1, 0.15) is 0 Å². The highest BCUT2D eigenvalue weighted by Crippen LogP contribution is 2.28. The summed E-state index contributed by atoms with van der Waals surface area (Å²) >= 11 is 7.07. The van der Waals surface area contributed by atoms with Gasteiger partial charge in [-0.2, -0.15) is 0 Å². The zero-order valence-electron chi connectivity index (χ0n) is 6.73. The van der Waals surface area contributed by atoms with Gasteiger partial charge < -0.3 is 9.63 Å². The fourth-order valence-electron chi connectivity index (χ4n) is 0.951. The highest BCUT2D eigenvalue weighted by molar-refractivity contribution is 7.14. The predicted octanol–water partition coefficient (Wildman–Crippen LogP) is 2.75. The summed E-state index contributed by atoms with van der Waals surface area (Å²) in [6.07, 6.45) is 0. The molecule has 2 aromatic rings.